The average Bonchev–Trinajstić information content (AvgIpc) is 2.31. The molecule has 0 bridgehead atoms. The predicted octanol–water partition coefficient (Wildman–Crippen LogP) is 0.425. The summed E-state index contributed by atoms with van der Waals surface area (Å²) >= 11 is 0. The predicted molar refractivity (Wildman–Crippen MR) is 87.0 cm³/mol. The number of rotatable bonds is 1. The van der Waals surface area contributed by atoms with E-state index in [0.29, 0.717) is 24.8 Å². The SMILES string of the molecule is CS(=O)(=O)O.CS(=O)(=O)O.CS(=O)(=O)O.O=Cc1cc(C(F)(F)F)ccn1. The molecule has 0 fully saturated rings. The zero-order valence-corrected chi connectivity index (χ0v) is 16.3. The second-order valence-corrected chi connectivity index (χ2v) is 8.68. The highest BCUT2D eigenvalue weighted by Gasteiger charge is 2.30. The number of carbonyl (C=O) groups is 1. The van der Waals surface area contributed by atoms with Gasteiger partial charge >= 0.3 is 6.18 Å². The van der Waals surface area contributed by atoms with Gasteiger partial charge < -0.3 is 0 Å². The molecule has 0 amide bonds. The standard InChI is InChI=1S/C7H4F3NO.3CH4O3S/c8-7(9,10)5-1-2-11-6(3-5)4-12;3*1-5(2,3)4/h1-4H;3*1H3,(H,2,3,4). The Balaban J connectivity index is -0.000000323. The first-order chi connectivity index (χ1) is 11.5. The summed E-state index contributed by atoms with van der Waals surface area (Å²) < 4.78 is 113. The highest BCUT2D eigenvalue weighted by molar-refractivity contribution is 7.85. The minimum absolute atomic E-state index is 0.218. The summed E-state index contributed by atoms with van der Waals surface area (Å²) in [5, 5.41) is 0. The largest absolute Gasteiger partial charge is 0.416 e. The molecule has 1 heterocycles. The van der Waals surface area contributed by atoms with Crippen molar-refractivity contribution in [2.45, 2.75) is 6.18 Å². The molecule has 0 aromatic carbocycles. The van der Waals surface area contributed by atoms with Crippen molar-refractivity contribution in [3.05, 3.63) is 29.6 Å². The summed E-state index contributed by atoms with van der Waals surface area (Å²) in [4.78, 5) is 13.5. The molecule has 0 saturated carbocycles. The van der Waals surface area contributed by atoms with E-state index in [1.54, 1.807) is 0 Å². The quantitative estimate of drug-likeness (QED) is 0.386. The second kappa shape index (κ2) is 11.9. The number of hydrogen-bond acceptors (Lipinski definition) is 8. The summed E-state index contributed by atoms with van der Waals surface area (Å²) in [6.45, 7) is 0. The van der Waals surface area contributed by atoms with E-state index < -0.39 is 42.1 Å². The molecule has 0 aliphatic rings. The van der Waals surface area contributed by atoms with Gasteiger partial charge in [-0.25, -0.2) is 0 Å². The summed E-state index contributed by atoms with van der Waals surface area (Å²) in [7, 11) is -11.0. The van der Waals surface area contributed by atoms with E-state index in [1.165, 1.54) is 0 Å². The molecule has 17 heteroatoms. The Morgan fingerprint density at radius 2 is 1.19 bits per heavy atom. The number of halogens is 3. The van der Waals surface area contributed by atoms with Gasteiger partial charge in [0.1, 0.15) is 5.69 Å². The van der Waals surface area contributed by atoms with Crippen LogP contribution in [0.25, 0.3) is 0 Å². The van der Waals surface area contributed by atoms with Crippen molar-refractivity contribution < 1.29 is 56.9 Å². The topological polar surface area (TPSA) is 193 Å². The van der Waals surface area contributed by atoms with Crippen LogP contribution in [0.15, 0.2) is 18.3 Å². The Hall–Kier alpha value is -1.66. The smallest absolute Gasteiger partial charge is 0.296 e. The van der Waals surface area contributed by atoms with Gasteiger partial charge in [0.15, 0.2) is 6.29 Å². The molecule has 27 heavy (non-hydrogen) atoms. The monoisotopic (exact) mass is 463 g/mol. The number of alkyl halides is 3. The Morgan fingerprint density at radius 3 is 1.41 bits per heavy atom. The van der Waals surface area contributed by atoms with E-state index >= 15 is 0 Å². The molecule has 0 aliphatic carbocycles. The lowest BCUT2D eigenvalue weighted by Gasteiger charge is -2.04. The highest BCUT2D eigenvalue weighted by Crippen LogP contribution is 2.28. The van der Waals surface area contributed by atoms with Crippen molar-refractivity contribution in [1.82, 2.24) is 4.98 Å². The van der Waals surface area contributed by atoms with Crippen LogP contribution in [0.5, 0.6) is 0 Å². The van der Waals surface area contributed by atoms with Gasteiger partial charge in [0.2, 0.25) is 0 Å². The fourth-order valence-electron chi connectivity index (χ4n) is 0.689. The molecule has 0 saturated heterocycles. The Labute approximate surface area is 153 Å². The number of carbonyl (C=O) groups excluding carboxylic acids is 1. The maximum Gasteiger partial charge on any atom is 0.416 e. The third-order valence-corrected chi connectivity index (χ3v) is 1.23. The third kappa shape index (κ3) is 45.5. The molecular formula is C10H16F3NO10S3. The summed E-state index contributed by atoms with van der Waals surface area (Å²) in [5.74, 6) is 0. The summed E-state index contributed by atoms with van der Waals surface area (Å²) in [5.41, 5.74) is -1.08. The van der Waals surface area contributed by atoms with E-state index in [0.717, 1.165) is 12.3 Å². The Kier molecular flexibility index (Phi) is 13.3. The third-order valence-electron chi connectivity index (χ3n) is 1.23. The number of aldehydes is 1. The van der Waals surface area contributed by atoms with E-state index in [1.807, 2.05) is 0 Å². The zero-order valence-electron chi connectivity index (χ0n) is 13.8. The van der Waals surface area contributed by atoms with Gasteiger partial charge in [-0.15, -0.1) is 0 Å². The lowest BCUT2D eigenvalue weighted by Crippen LogP contribution is -2.05. The second-order valence-electron chi connectivity index (χ2n) is 4.28. The van der Waals surface area contributed by atoms with Crippen LogP contribution in [0.3, 0.4) is 0 Å². The van der Waals surface area contributed by atoms with Gasteiger partial charge in [-0.3, -0.25) is 23.4 Å². The van der Waals surface area contributed by atoms with Crippen molar-refractivity contribution in [2.24, 2.45) is 0 Å². The molecule has 1 rings (SSSR count). The molecule has 160 valence electrons. The minimum Gasteiger partial charge on any atom is -0.296 e. The normalized spacial score (nSPS) is 11.4. The number of hydrogen-bond donors (Lipinski definition) is 3. The van der Waals surface area contributed by atoms with Crippen LogP contribution >= 0.6 is 0 Å². The van der Waals surface area contributed by atoms with E-state index in [-0.39, 0.29) is 12.0 Å². The number of aromatic nitrogens is 1. The lowest BCUT2D eigenvalue weighted by molar-refractivity contribution is -0.137. The summed E-state index contributed by atoms with van der Waals surface area (Å²) in [6, 6.07) is 1.51. The van der Waals surface area contributed by atoms with Gasteiger partial charge in [-0.2, -0.15) is 38.4 Å². The lowest BCUT2D eigenvalue weighted by atomic mass is 10.2. The van der Waals surface area contributed by atoms with Gasteiger partial charge in [-0.1, -0.05) is 0 Å². The van der Waals surface area contributed by atoms with Crippen LogP contribution < -0.4 is 0 Å². The molecule has 0 radical (unpaired) electrons. The molecule has 11 nitrogen and oxygen atoms in total. The van der Waals surface area contributed by atoms with Crippen LogP contribution in [0.4, 0.5) is 13.2 Å². The molecule has 0 atom stereocenters. The fraction of sp³-hybridized carbons (Fsp3) is 0.400. The Morgan fingerprint density at radius 1 is 0.889 bits per heavy atom. The highest BCUT2D eigenvalue weighted by atomic mass is 32.2. The van der Waals surface area contributed by atoms with Crippen LogP contribution in [0.1, 0.15) is 16.1 Å². The first kappa shape index (κ1) is 30.1. The van der Waals surface area contributed by atoms with Crippen LogP contribution in [-0.4, -0.2) is 68.9 Å². The van der Waals surface area contributed by atoms with Crippen molar-refractivity contribution in [1.29, 1.82) is 0 Å². The molecule has 0 unspecified atom stereocenters. The van der Waals surface area contributed by atoms with E-state index in [9.17, 15) is 43.2 Å². The maximum atomic E-state index is 12.0. The fourth-order valence-corrected chi connectivity index (χ4v) is 0.689. The number of pyridine rings is 1. The van der Waals surface area contributed by atoms with Crippen molar-refractivity contribution in [2.75, 3.05) is 18.8 Å². The first-order valence-electron chi connectivity index (χ1n) is 5.79. The minimum atomic E-state index is -4.42. The van der Waals surface area contributed by atoms with Gasteiger partial charge in [0.05, 0.1) is 24.3 Å². The van der Waals surface area contributed by atoms with E-state index in [4.69, 9.17) is 13.7 Å². The Bertz CT molecular complexity index is 797. The summed E-state index contributed by atoms with van der Waals surface area (Å²) in [6.07, 6.45) is -1.05. The van der Waals surface area contributed by atoms with E-state index in [2.05, 4.69) is 4.98 Å². The van der Waals surface area contributed by atoms with Crippen molar-refractivity contribution >= 4 is 36.6 Å². The molecular weight excluding hydrogens is 447 g/mol. The van der Waals surface area contributed by atoms with Crippen molar-refractivity contribution in [3.63, 3.8) is 0 Å². The van der Waals surface area contributed by atoms with Gasteiger partial charge in [0.25, 0.3) is 30.4 Å². The number of nitrogens with zero attached hydrogens (tertiary/aromatic N) is 1. The van der Waals surface area contributed by atoms with Crippen LogP contribution in [0.2, 0.25) is 0 Å². The average molecular weight is 463 g/mol. The molecule has 0 spiro atoms. The zero-order chi connectivity index (χ0) is 22.7. The first-order valence-corrected chi connectivity index (χ1v) is 11.3. The van der Waals surface area contributed by atoms with Crippen molar-refractivity contribution in [3.8, 4) is 0 Å². The molecule has 3 N–H and O–H groups in total. The maximum absolute atomic E-state index is 12.0. The van der Waals surface area contributed by atoms with Crippen LogP contribution in [0, 0.1) is 0 Å². The molecule has 1 aromatic heterocycles. The molecule has 1 aromatic rings. The van der Waals surface area contributed by atoms with Crippen LogP contribution in [-0.2, 0) is 36.5 Å². The van der Waals surface area contributed by atoms with Gasteiger partial charge in [-0.05, 0) is 12.1 Å². The molecule has 0 aliphatic heterocycles. The van der Waals surface area contributed by atoms with Gasteiger partial charge in [0, 0.05) is 6.20 Å².